The average Bonchev–Trinajstić information content (AvgIpc) is 1.91. The number of hydrogen-bond acceptors (Lipinski definition) is 3. The molecule has 2 atom stereocenters. The van der Waals surface area contributed by atoms with Gasteiger partial charge in [0.05, 0.1) is 6.04 Å². The van der Waals surface area contributed by atoms with E-state index in [1.165, 1.54) is 0 Å². The molecule has 1 saturated heterocycles. The molecule has 1 aliphatic rings. The predicted molar refractivity (Wildman–Crippen MR) is 52.9 cm³/mol. The Morgan fingerprint density at radius 2 is 2.08 bits per heavy atom. The topological polar surface area (TPSA) is 41.5 Å². The summed E-state index contributed by atoms with van der Waals surface area (Å²) in [6.07, 6.45) is 5.62. The van der Waals surface area contributed by atoms with Crippen molar-refractivity contribution >= 4 is 9.73 Å². The minimum atomic E-state index is -1.91. The largest absolute Gasteiger partial charge is 0.312 e. The smallest absolute Gasteiger partial charge is 0.0718 e. The van der Waals surface area contributed by atoms with Gasteiger partial charge in [0.1, 0.15) is 0 Å². The van der Waals surface area contributed by atoms with Crippen molar-refractivity contribution in [2.24, 2.45) is 4.36 Å². The van der Waals surface area contributed by atoms with E-state index in [0.29, 0.717) is 6.04 Å². The molecule has 3 nitrogen and oxygen atoms in total. The first kappa shape index (κ1) is 9.99. The van der Waals surface area contributed by atoms with Crippen LogP contribution >= 0.6 is 0 Å². The fourth-order valence-corrected chi connectivity index (χ4v) is 2.33. The highest BCUT2D eigenvalue weighted by molar-refractivity contribution is 7.92. The third-order valence-corrected chi connectivity index (χ3v) is 2.84. The van der Waals surface area contributed by atoms with E-state index in [1.807, 2.05) is 0 Å². The van der Waals surface area contributed by atoms with Gasteiger partial charge in [-0.05, 0) is 19.8 Å². The lowest BCUT2D eigenvalue weighted by molar-refractivity contribution is 0.387. The van der Waals surface area contributed by atoms with Crippen LogP contribution in [0.5, 0.6) is 0 Å². The Balaban J connectivity index is 2.52. The molecule has 1 heterocycles. The van der Waals surface area contributed by atoms with Crippen molar-refractivity contribution in [3.05, 3.63) is 0 Å². The first-order valence-electron chi connectivity index (χ1n) is 4.37. The summed E-state index contributed by atoms with van der Waals surface area (Å²) < 4.78 is 15.6. The maximum atomic E-state index is 11.3. The highest BCUT2D eigenvalue weighted by Gasteiger charge is 2.16. The SMILES string of the molecule is CC1CCC(N=S(C)(C)=O)CN1. The lowest BCUT2D eigenvalue weighted by atomic mass is 10.0. The Labute approximate surface area is 75.1 Å². The van der Waals surface area contributed by atoms with Crippen molar-refractivity contribution in [3.8, 4) is 0 Å². The molecule has 1 fully saturated rings. The lowest BCUT2D eigenvalue weighted by Gasteiger charge is -2.25. The summed E-state index contributed by atoms with van der Waals surface area (Å²) in [5.74, 6) is 0. The zero-order valence-corrected chi connectivity index (χ0v) is 8.86. The highest BCUT2D eigenvalue weighted by Crippen LogP contribution is 2.11. The van der Waals surface area contributed by atoms with E-state index in [1.54, 1.807) is 12.5 Å². The first-order valence-corrected chi connectivity index (χ1v) is 6.70. The highest BCUT2D eigenvalue weighted by atomic mass is 32.2. The Kier molecular flexibility index (Phi) is 3.12. The molecule has 2 unspecified atom stereocenters. The molecule has 72 valence electrons. The van der Waals surface area contributed by atoms with E-state index in [-0.39, 0.29) is 6.04 Å². The van der Waals surface area contributed by atoms with Gasteiger partial charge < -0.3 is 5.32 Å². The molecule has 12 heavy (non-hydrogen) atoms. The number of piperidine rings is 1. The fraction of sp³-hybridized carbons (Fsp3) is 1.00. The molecular formula is C8H18N2OS. The molecule has 1 N–H and O–H groups in total. The van der Waals surface area contributed by atoms with Crippen molar-refractivity contribution < 1.29 is 4.21 Å². The molecule has 0 bridgehead atoms. The van der Waals surface area contributed by atoms with E-state index < -0.39 is 9.73 Å². The fourth-order valence-electron chi connectivity index (χ4n) is 1.43. The zero-order valence-electron chi connectivity index (χ0n) is 8.04. The van der Waals surface area contributed by atoms with Gasteiger partial charge >= 0.3 is 0 Å². The summed E-state index contributed by atoms with van der Waals surface area (Å²) in [6.45, 7) is 3.06. The third kappa shape index (κ3) is 3.54. The van der Waals surface area contributed by atoms with E-state index in [0.717, 1.165) is 19.4 Å². The van der Waals surface area contributed by atoms with Gasteiger partial charge in [-0.25, -0.2) is 4.36 Å². The molecule has 0 saturated carbocycles. The van der Waals surface area contributed by atoms with Crippen LogP contribution in [0.1, 0.15) is 19.8 Å². The van der Waals surface area contributed by atoms with E-state index in [9.17, 15) is 4.21 Å². The van der Waals surface area contributed by atoms with E-state index in [2.05, 4.69) is 16.6 Å². The monoisotopic (exact) mass is 190 g/mol. The predicted octanol–water partition coefficient (Wildman–Crippen LogP) is 0.855. The maximum Gasteiger partial charge on any atom is 0.0718 e. The van der Waals surface area contributed by atoms with Crippen LogP contribution in [0, 0.1) is 0 Å². The Bertz CT molecular complexity index is 240. The molecule has 1 aliphatic heterocycles. The van der Waals surface area contributed by atoms with Crippen LogP contribution in [-0.2, 0) is 9.73 Å². The number of hydrogen-bond donors (Lipinski definition) is 1. The molecular weight excluding hydrogens is 172 g/mol. The number of nitrogens with one attached hydrogen (secondary N) is 1. The number of nitrogens with zero attached hydrogens (tertiary/aromatic N) is 1. The molecule has 1 rings (SSSR count). The Morgan fingerprint density at radius 3 is 2.50 bits per heavy atom. The molecule has 4 heteroatoms. The molecule has 0 spiro atoms. The van der Waals surface area contributed by atoms with Crippen LogP contribution in [-0.4, -0.2) is 35.3 Å². The lowest BCUT2D eigenvalue weighted by Crippen LogP contribution is -2.39. The number of rotatable bonds is 1. The minimum Gasteiger partial charge on any atom is -0.312 e. The van der Waals surface area contributed by atoms with Gasteiger partial charge in [0.2, 0.25) is 0 Å². The van der Waals surface area contributed by atoms with Crippen LogP contribution in [0.15, 0.2) is 4.36 Å². The van der Waals surface area contributed by atoms with Gasteiger partial charge in [0, 0.05) is 34.8 Å². The summed E-state index contributed by atoms with van der Waals surface area (Å²) in [4.78, 5) is 0. The summed E-state index contributed by atoms with van der Waals surface area (Å²) in [7, 11) is -1.91. The van der Waals surface area contributed by atoms with Crippen LogP contribution in [0.4, 0.5) is 0 Å². The Hall–Kier alpha value is -0.0900. The van der Waals surface area contributed by atoms with Crippen molar-refractivity contribution in [2.45, 2.75) is 31.8 Å². The van der Waals surface area contributed by atoms with Crippen molar-refractivity contribution in [1.29, 1.82) is 0 Å². The second-order valence-corrected chi connectivity index (χ2v) is 6.40. The standard InChI is InChI=1S/C8H18N2OS/c1-7-4-5-8(6-9-7)10-12(2,3)11/h7-9H,4-6H2,1-3H3. The maximum absolute atomic E-state index is 11.3. The van der Waals surface area contributed by atoms with Crippen LogP contribution in [0.2, 0.25) is 0 Å². The Morgan fingerprint density at radius 1 is 1.42 bits per heavy atom. The molecule has 0 amide bonds. The normalized spacial score (nSPS) is 31.6. The van der Waals surface area contributed by atoms with Gasteiger partial charge in [-0.2, -0.15) is 0 Å². The van der Waals surface area contributed by atoms with Gasteiger partial charge in [-0.15, -0.1) is 0 Å². The summed E-state index contributed by atoms with van der Waals surface area (Å²) in [6, 6.07) is 0.866. The van der Waals surface area contributed by atoms with Gasteiger partial charge in [0.15, 0.2) is 0 Å². The molecule has 0 radical (unpaired) electrons. The second-order valence-electron chi connectivity index (χ2n) is 3.83. The average molecular weight is 190 g/mol. The van der Waals surface area contributed by atoms with Gasteiger partial charge in [-0.3, -0.25) is 4.21 Å². The van der Waals surface area contributed by atoms with Crippen LogP contribution in [0.3, 0.4) is 0 Å². The summed E-state index contributed by atoms with van der Waals surface area (Å²) >= 11 is 0. The minimum absolute atomic E-state index is 0.267. The van der Waals surface area contributed by atoms with Crippen molar-refractivity contribution in [1.82, 2.24) is 5.32 Å². The van der Waals surface area contributed by atoms with Crippen LogP contribution < -0.4 is 5.32 Å². The first-order chi connectivity index (χ1) is 5.47. The van der Waals surface area contributed by atoms with Crippen molar-refractivity contribution in [3.63, 3.8) is 0 Å². The quantitative estimate of drug-likeness (QED) is 0.666. The molecule has 0 aromatic rings. The van der Waals surface area contributed by atoms with Gasteiger partial charge in [-0.1, -0.05) is 0 Å². The van der Waals surface area contributed by atoms with Crippen LogP contribution in [0.25, 0.3) is 0 Å². The summed E-state index contributed by atoms with van der Waals surface area (Å²) in [5, 5.41) is 3.34. The third-order valence-electron chi connectivity index (χ3n) is 2.04. The second kappa shape index (κ2) is 3.75. The molecule has 0 aromatic carbocycles. The molecule has 0 aromatic heterocycles. The van der Waals surface area contributed by atoms with Crippen molar-refractivity contribution in [2.75, 3.05) is 19.1 Å². The molecule has 0 aliphatic carbocycles. The van der Waals surface area contributed by atoms with Gasteiger partial charge in [0.25, 0.3) is 0 Å². The summed E-state index contributed by atoms with van der Waals surface area (Å²) in [5.41, 5.74) is 0. The van der Waals surface area contributed by atoms with E-state index >= 15 is 0 Å². The van der Waals surface area contributed by atoms with E-state index in [4.69, 9.17) is 0 Å². The zero-order chi connectivity index (χ0) is 9.19.